The van der Waals surface area contributed by atoms with E-state index in [1.807, 2.05) is 37.7 Å². The number of nitrogens with zero attached hydrogens (tertiary/aromatic N) is 3. The second kappa shape index (κ2) is 7.45. The predicted octanol–water partition coefficient (Wildman–Crippen LogP) is 2.72. The number of aromatic nitrogens is 2. The van der Waals surface area contributed by atoms with Crippen LogP contribution in [0.3, 0.4) is 0 Å². The number of hydrogen-bond donors (Lipinski definition) is 0. The zero-order valence-electron chi connectivity index (χ0n) is 10.4. The third-order valence-electron chi connectivity index (χ3n) is 2.18. The normalized spacial score (nSPS) is 10.2. The summed E-state index contributed by atoms with van der Waals surface area (Å²) in [5.41, 5.74) is 0.912. The van der Waals surface area contributed by atoms with Crippen molar-refractivity contribution in [3.05, 3.63) is 29.8 Å². The van der Waals surface area contributed by atoms with E-state index in [0.29, 0.717) is 12.6 Å². The minimum atomic E-state index is 0. The topological polar surface area (TPSA) is 38.2 Å². The lowest BCUT2D eigenvalue weighted by Crippen LogP contribution is -2.20. The lowest BCUT2D eigenvalue weighted by Gasteiger charge is -2.09. The van der Waals surface area contributed by atoms with Crippen molar-refractivity contribution in [3.63, 3.8) is 0 Å². The molecule has 6 heteroatoms. The lowest BCUT2D eigenvalue weighted by atomic mass is 10.3. The Morgan fingerprint density at radius 2 is 2.17 bits per heavy atom. The Labute approximate surface area is 121 Å². The Hall–Kier alpha value is -0.980. The summed E-state index contributed by atoms with van der Waals surface area (Å²) in [6.07, 6.45) is 1.73. The van der Waals surface area contributed by atoms with E-state index in [2.05, 4.69) is 14.9 Å². The van der Waals surface area contributed by atoms with Crippen LogP contribution in [0.15, 0.2) is 29.8 Å². The van der Waals surface area contributed by atoms with Crippen LogP contribution in [0.1, 0.15) is 0 Å². The molecule has 0 atom stereocenters. The number of ether oxygens (including phenoxy) is 1. The van der Waals surface area contributed by atoms with Gasteiger partial charge in [-0.05, 0) is 31.6 Å². The van der Waals surface area contributed by atoms with Crippen LogP contribution in [0.5, 0.6) is 6.01 Å². The van der Waals surface area contributed by atoms with Crippen molar-refractivity contribution in [2.45, 2.75) is 0 Å². The fourth-order valence-corrected chi connectivity index (χ4v) is 1.99. The van der Waals surface area contributed by atoms with Crippen molar-refractivity contribution in [1.82, 2.24) is 14.9 Å². The third-order valence-corrected chi connectivity index (χ3v) is 3.07. The lowest BCUT2D eigenvalue weighted by molar-refractivity contribution is 0.245. The molecule has 0 spiro atoms. The standard InChI is InChI=1S/C12H15N3OS.BrH/c1-15(2)7-8-16-12-13-6-5-10(14-12)11-4-3-9-17-11;/h3-6,9H,7-8H2,1-2H3;1H. The summed E-state index contributed by atoms with van der Waals surface area (Å²) in [6, 6.07) is 6.38. The van der Waals surface area contributed by atoms with E-state index >= 15 is 0 Å². The highest BCUT2D eigenvalue weighted by Crippen LogP contribution is 2.23. The van der Waals surface area contributed by atoms with Crippen LogP contribution in [0.2, 0.25) is 0 Å². The van der Waals surface area contributed by atoms with Crippen molar-refractivity contribution in [2.24, 2.45) is 0 Å². The third kappa shape index (κ3) is 4.36. The van der Waals surface area contributed by atoms with Gasteiger partial charge in [0, 0.05) is 12.7 Å². The van der Waals surface area contributed by atoms with E-state index in [1.165, 1.54) is 0 Å². The molecule has 0 aliphatic carbocycles. The van der Waals surface area contributed by atoms with Gasteiger partial charge in [-0.2, -0.15) is 4.98 Å². The summed E-state index contributed by atoms with van der Waals surface area (Å²) < 4.78 is 5.50. The molecule has 2 aromatic heterocycles. The van der Waals surface area contributed by atoms with E-state index in [1.54, 1.807) is 17.5 Å². The summed E-state index contributed by atoms with van der Waals surface area (Å²) in [5.74, 6) is 0. The summed E-state index contributed by atoms with van der Waals surface area (Å²) in [6.45, 7) is 1.45. The first kappa shape index (κ1) is 15.1. The highest BCUT2D eigenvalue weighted by molar-refractivity contribution is 8.93. The zero-order chi connectivity index (χ0) is 12.1. The molecule has 0 aromatic carbocycles. The Balaban J connectivity index is 0.00000162. The molecule has 18 heavy (non-hydrogen) atoms. The fourth-order valence-electron chi connectivity index (χ4n) is 1.29. The van der Waals surface area contributed by atoms with Crippen LogP contribution in [0.4, 0.5) is 0 Å². The number of rotatable bonds is 5. The van der Waals surface area contributed by atoms with Crippen LogP contribution in [0, 0.1) is 0 Å². The second-order valence-corrected chi connectivity index (χ2v) is 4.80. The number of hydrogen-bond acceptors (Lipinski definition) is 5. The van der Waals surface area contributed by atoms with Crippen LogP contribution < -0.4 is 4.74 Å². The molecule has 0 N–H and O–H groups in total. The second-order valence-electron chi connectivity index (χ2n) is 3.85. The van der Waals surface area contributed by atoms with E-state index in [9.17, 15) is 0 Å². The van der Waals surface area contributed by atoms with Crippen molar-refractivity contribution < 1.29 is 4.74 Å². The Kier molecular flexibility index (Phi) is 6.24. The Bertz CT molecular complexity index is 462. The largest absolute Gasteiger partial charge is 0.462 e. The molecule has 0 bridgehead atoms. The minimum Gasteiger partial charge on any atom is -0.462 e. The molecule has 0 unspecified atom stereocenters. The van der Waals surface area contributed by atoms with Gasteiger partial charge in [0.1, 0.15) is 6.61 Å². The van der Waals surface area contributed by atoms with Crippen molar-refractivity contribution in [3.8, 4) is 16.6 Å². The SMILES string of the molecule is Br.CN(C)CCOc1nccc(-c2cccs2)n1. The average Bonchev–Trinajstić information content (AvgIpc) is 2.82. The highest BCUT2D eigenvalue weighted by atomic mass is 79.9. The van der Waals surface area contributed by atoms with E-state index in [-0.39, 0.29) is 17.0 Å². The summed E-state index contributed by atoms with van der Waals surface area (Å²) in [4.78, 5) is 11.7. The minimum absolute atomic E-state index is 0. The summed E-state index contributed by atoms with van der Waals surface area (Å²) >= 11 is 1.66. The van der Waals surface area contributed by atoms with Gasteiger partial charge in [-0.15, -0.1) is 28.3 Å². The molecule has 4 nitrogen and oxygen atoms in total. The quantitative estimate of drug-likeness (QED) is 0.845. The van der Waals surface area contributed by atoms with Gasteiger partial charge in [0.25, 0.3) is 0 Å². The van der Waals surface area contributed by atoms with Gasteiger partial charge < -0.3 is 9.64 Å². The van der Waals surface area contributed by atoms with Gasteiger partial charge in [-0.25, -0.2) is 4.98 Å². The zero-order valence-corrected chi connectivity index (χ0v) is 12.9. The first-order valence-corrected chi connectivity index (χ1v) is 6.28. The van der Waals surface area contributed by atoms with E-state index in [0.717, 1.165) is 17.1 Å². The van der Waals surface area contributed by atoms with Crippen LogP contribution >= 0.6 is 28.3 Å². The molecular formula is C12H16BrN3OS. The molecule has 2 rings (SSSR count). The van der Waals surface area contributed by atoms with Crippen molar-refractivity contribution >= 4 is 28.3 Å². The summed E-state index contributed by atoms with van der Waals surface area (Å²) in [7, 11) is 4.01. The van der Waals surface area contributed by atoms with Crippen LogP contribution in [0.25, 0.3) is 10.6 Å². The molecule has 0 saturated heterocycles. The molecule has 0 radical (unpaired) electrons. The number of likely N-dealkylation sites (N-methyl/N-ethyl adjacent to an activating group) is 1. The Morgan fingerprint density at radius 1 is 1.33 bits per heavy atom. The average molecular weight is 330 g/mol. The first-order valence-electron chi connectivity index (χ1n) is 5.40. The van der Waals surface area contributed by atoms with E-state index in [4.69, 9.17) is 4.74 Å². The van der Waals surface area contributed by atoms with Crippen LogP contribution in [-0.4, -0.2) is 42.1 Å². The van der Waals surface area contributed by atoms with Gasteiger partial charge in [0.15, 0.2) is 0 Å². The number of halogens is 1. The number of thiophene rings is 1. The smallest absolute Gasteiger partial charge is 0.316 e. The van der Waals surface area contributed by atoms with E-state index < -0.39 is 0 Å². The monoisotopic (exact) mass is 329 g/mol. The summed E-state index contributed by atoms with van der Waals surface area (Å²) in [5, 5.41) is 2.03. The molecule has 2 aromatic rings. The van der Waals surface area contributed by atoms with Gasteiger partial charge in [-0.1, -0.05) is 6.07 Å². The van der Waals surface area contributed by atoms with Gasteiger partial charge >= 0.3 is 6.01 Å². The molecule has 2 heterocycles. The maximum Gasteiger partial charge on any atom is 0.316 e. The van der Waals surface area contributed by atoms with Gasteiger partial charge in [0.05, 0.1) is 10.6 Å². The molecule has 0 saturated carbocycles. The van der Waals surface area contributed by atoms with Crippen molar-refractivity contribution in [2.75, 3.05) is 27.2 Å². The molecule has 0 amide bonds. The maximum absolute atomic E-state index is 5.50. The maximum atomic E-state index is 5.50. The molecule has 0 fully saturated rings. The molecule has 0 aliphatic heterocycles. The van der Waals surface area contributed by atoms with Gasteiger partial charge in [0.2, 0.25) is 0 Å². The highest BCUT2D eigenvalue weighted by Gasteiger charge is 2.03. The molecule has 98 valence electrons. The Morgan fingerprint density at radius 3 is 2.83 bits per heavy atom. The molecular weight excluding hydrogens is 314 g/mol. The van der Waals surface area contributed by atoms with Crippen LogP contribution in [-0.2, 0) is 0 Å². The van der Waals surface area contributed by atoms with Gasteiger partial charge in [-0.3, -0.25) is 0 Å². The predicted molar refractivity (Wildman–Crippen MR) is 79.7 cm³/mol. The molecule has 0 aliphatic rings. The van der Waals surface area contributed by atoms with Crippen molar-refractivity contribution in [1.29, 1.82) is 0 Å². The fraction of sp³-hybridized carbons (Fsp3) is 0.333. The first-order chi connectivity index (χ1) is 8.25.